The quantitative estimate of drug-likeness (QED) is 0.923. The van der Waals surface area contributed by atoms with Crippen molar-refractivity contribution in [3.05, 3.63) is 29.8 Å². The van der Waals surface area contributed by atoms with Gasteiger partial charge in [0.15, 0.2) is 0 Å². The number of carbonyl (C=O) groups excluding carboxylic acids is 1. The summed E-state index contributed by atoms with van der Waals surface area (Å²) in [5, 5.41) is 18.0. The fraction of sp³-hybridized carbons (Fsp3) is 0.438. The van der Waals surface area contributed by atoms with E-state index < -0.39 is 17.3 Å². The first kappa shape index (κ1) is 16.7. The van der Waals surface area contributed by atoms with E-state index in [9.17, 15) is 9.59 Å². The highest BCUT2D eigenvalue weighted by molar-refractivity contribution is 5.97. The number of benzene rings is 1. The van der Waals surface area contributed by atoms with E-state index >= 15 is 0 Å². The van der Waals surface area contributed by atoms with Gasteiger partial charge in [0.25, 0.3) is 0 Å². The number of nitrogens with zero attached hydrogens (tertiary/aromatic N) is 2. The summed E-state index contributed by atoms with van der Waals surface area (Å²) < 4.78 is 0. The van der Waals surface area contributed by atoms with Crippen LogP contribution in [0.15, 0.2) is 24.3 Å². The van der Waals surface area contributed by atoms with Gasteiger partial charge < -0.3 is 10.0 Å². The van der Waals surface area contributed by atoms with Crippen LogP contribution in [-0.2, 0) is 9.59 Å². The lowest BCUT2D eigenvalue weighted by Gasteiger charge is -2.31. The van der Waals surface area contributed by atoms with Crippen molar-refractivity contribution in [2.45, 2.75) is 27.7 Å². The molecule has 5 heteroatoms. The van der Waals surface area contributed by atoms with Crippen molar-refractivity contribution in [2.75, 3.05) is 11.4 Å². The molecule has 0 bridgehead atoms. The molecule has 0 aliphatic heterocycles. The molecule has 0 radical (unpaired) electrons. The Morgan fingerprint density at radius 3 is 2.48 bits per heavy atom. The number of hydrogen-bond acceptors (Lipinski definition) is 3. The van der Waals surface area contributed by atoms with Crippen LogP contribution in [0.4, 0.5) is 5.69 Å². The summed E-state index contributed by atoms with van der Waals surface area (Å²) in [6, 6.07) is 8.65. The van der Waals surface area contributed by atoms with Crippen LogP contribution in [0.2, 0.25) is 0 Å². The highest BCUT2D eigenvalue weighted by Crippen LogP contribution is 2.25. The van der Waals surface area contributed by atoms with Crippen LogP contribution in [-0.4, -0.2) is 23.5 Å². The average Bonchev–Trinajstić information content (AvgIpc) is 2.42. The highest BCUT2D eigenvalue weighted by Gasteiger charge is 2.30. The highest BCUT2D eigenvalue weighted by atomic mass is 16.4. The van der Waals surface area contributed by atoms with Gasteiger partial charge in [-0.15, -0.1) is 0 Å². The van der Waals surface area contributed by atoms with E-state index in [-0.39, 0.29) is 12.5 Å². The second-order valence-electron chi connectivity index (χ2n) is 6.07. The van der Waals surface area contributed by atoms with Gasteiger partial charge >= 0.3 is 5.97 Å². The van der Waals surface area contributed by atoms with Crippen molar-refractivity contribution in [1.29, 1.82) is 5.26 Å². The van der Waals surface area contributed by atoms with Gasteiger partial charge in [-0.05, 0) is 18.2 Å². The van der Waals surface area contributed by atoms with Gasteiger partial charge in [-0.2, -0.15) is 5.26 Å². The van der Waals surface area contributed by atoms with Crippen LogP contribution in [0.5, 0.6) is 0 Å². The van der Waals surface area contributed by atoms with Gasteiger partial charge in [0.05, 0.1) is 17.6 Å². The molecule has 0 saturated heterocycles. The normalized spacial score (nSPS) is 12.3. The summed E-state index contributed by atoms with van der Waals surface area (Å²) in [5.41, 5.74) is 0.338. The molecule has 0 heterocycles. The lowest BCUT2D eigenvalue weighted by atomic mass is 9.93. The maximum atomic E-state index is 12.6. The fourth-order valence-electron chi connectivity index (χ4n) is 1.81. The van der Waals surface area contributed by atoms with Crippen LogP contribution < -0.4 is 4.90 Å². The zero-order valence-corrected chi connectivity index (χ0v) is 12.8. The number of amides is 1. The van der Waals surface area contributed by atoms with Gasteiger partial charge in [-0.1, -0.05) is 33.8 Å². The third-order valence-corrected chi connectivity index (χ3v) is 3.05. The lowest BCUT2D eigenvalue weighted by Crippen LogP contribution is -2.43. The third-order valence-electron chi connectivity index (χ3n) is 3.05. The fourth-order valence-corrected chi connectivity index (χ4v) is 1.81. The lowest BCUT2D eigenvalue weighted by molar-refractivity contribution is -0.140. The maximum absolute atomic E-state index is 12.6. The molecule has 1 aromatic rings. The van der Waals surface area contributed by atoms with Crippen molar-refractivity contribution < 1.29 is 14.7 Å². The summed E-state index contributed by atoms with van der Waals surface area (Å²) in [6.45, 7) is 6.96. The molecule has 0 fully saturated rings. The van der Waals surface area contributed by atoms with E-state index in [4.69, 9.17) is 10.4 Å². The van der Waals surface area contributed by atoms with Gasteiger partial charge in [-0.25, -0.2) is 0 Å². The Bertz CT molecular complexity index is 582. The summed E-state index contributed by atoms with van der Waals surface area (Å²) >= 11 is 0. The van der Waals surface area contributed by atoms with Crippen LogP contribution >= 0.6 is 0 Å². The molecule has 5 nitrogen and oxygen atoms in total. The van der Waals surface area contributed by atoms with Gasteiger partial charge in [0.2, 0.25) is 5.91 Å². The Labute approximate surface area is 124 Å². The van der Waals surface area contributed by atoms with Gasteiger partial charge in [-0.3, -0.25) is 9.59 Å². The van der Waals surface area contributed by atoms with Crippen molar-refractivity contribution in [1.82, 2.24) is 0 Å². The molecule has 1 amide bonds. The molecule has 0 aliphatic carbocycles. The largest absolute Gasteiger partial charge is 0.481 e. The number of hydrogen-bond donors (Lipinski definition) is 1. The molecule has 0 saturated carbocycles. The molecule has 1 rings (SSSR count). The Hall–Kier alpha value is -2.35. The number of nitriles is 1. The summed E-state index contributed by atoms with van der Waals surface area (Å²) in [6.07, 6.45) is 0. The standard InChI is InChI=1S/C16H20N2O3/c1-11(14(19)20)10-18(15(21)16(2,3)4)13-7-5-6-12(8-13)9-17/h5-8,11H,10H2,1-4H3,(H,19,20). The summed E-state index contributed by atoms with van der Waals surface area (Å²) in [7, 11) is 0. The van der Waals surface area contributed by atoms with Crippen LogP contribution in [0.1, 0.15) is 33.3 Å². The Morgan fingerprint density at radius 2 is 2.00 bits per heavy atom. The van der Waals surface area contributed by atoms with Crippen molar-refractivity contribution in [3.8, 4) is 6.07 Å². The van der Waals surface area contributed by atoms with Crippen molar-refractivity contribution >= 4 is 17.6 Å². The van der Waals surface area contributed by atoms with Gasteiger partial charge in [0.1, 0.15) is 0 Å². The number of aliphatic carboxylic acids is 1. The monoisotopic (exact) mass is 288 g/mol. The topological polar surface area (TPSA) is 81.4 Å². The second kappa shape index (κ2) is 6.40. The predicted octanol–water partition coefficient (Wildman–Crippen LogP) is 2.66. The molecule has 112 valence electrons. The van der Waals surface area contributed by atoms with E-state index in [1.165, 1.54) is 4.90 Å². The number of carbonyl (C=O) groups is 2. The Balaban J connectivity index is 3.21. The smallest absolute Gasteiger partial charge is 0.308 e. The second-order valence-corrected chi connectivity index (χ2v) is 6.07. The molecular formula is C16H20N2O3. The SMILES string of the molecule is CC(CN(C(=O)C(C)(C)C)c1cccc(C#N)c1)C(=O)O. The van der Waals surface area contributed by atoms with Crippen molar-refractivity contribution in [3.63, 3.8) is 0 Å². The molecule has 1 aromatic carbocycles. The van der Waals surface area contributed by atoms with Gasteiger partial charge in [0, 0.05) is 17.6 Å². The number of anilines is 1. The minimum absolute atomic E-state index is 0.0698. The average molecular weight is 288 g/mol. The minimum Gasteiger partial charge on any atom is -0.481 e. The molecule has 0 aliphatic rings. The molecule has 1 N–H and O–H groups in total. The molecular weight excluding hydrogens is 268 g/mol. The Kier molecular flexibility index (Phi) is 5.09. The molecule has 21 heavy (non-hydrogen) atoms. The zero-order valence-electron chi connectivity index (χ0n) is 12.8. The number of carboxylic acid groups (broad SMARTS) is 1. The van der Waals surface area contributed by atoms with E-state index in [0.29, 0.717) is 11.3 Å². The van der Waals surface area contributed by atoms with Crippen LogP contribution in [0.25, 0.3) is 0 Å². The summed E-state index contributed by atoms with van der Waals surface area (Å²) in [4.78, 5) is 25.1. The van der Waals surface area contributed by atoms with E-state index in [1.807, 2.05) is 6.07 Å². The molecule has 0 spiro atoms. The first-order valence-electron chi connectivity index (χ1n) is 6.71. The van der Waals surface area contributed by atoms with Crippen LogP contribution in [0, 0.1) is 22.7 Å². The Morgan fingerprint density at radius 1 is 1.38 bits per heavy atom. The number of rotatable bonds is 4. The molecule has 1 atom stereocenters. The zero-order chi connectivity index (χ0) is 16.2. The number of carboxylic acids is 1. The first-order valence-corrected chi connectivity index (χ1v) is 6.71. The molecule has 1 unspecified atom stereocenters. The van der Waals surface area contributed by atoms with E-state index in [1.54, 1.807) is 52.0 Å². The molecule has 0 aromatic heterocycles. The third kappa shape index (κ3) is 4.32. The summed E-state index contributed by atoms with van der Waals surface area (Å²) in [5.74, 6) is -1.83. The first-order chi connectivity index (χ1) is 9.66. The predicted molar refractivity (Wildman–Crippen MR) is 79.8 cm³/mol. The van der Waals surface area contributed by atoms with E-state index in [2.05, 4.69) is 0 Å². The van der Waals surface area contributed by atoms with Crippen LogP contribution in [0.3, 0.4) is 0 Å². The minimum atomic E-state index is -0.960. The van der Waals surface area contributed by atoms with E-state index in [0.717, 1.165) is 0 Å². The van der Waals surface area contributed by atoms with Crippen molar-refractivity contribution in [2.24, 2.45) is 11.3 Å². The maximum Gasteiger partial charge on any atom is 0.308 e.